The molecule has 3 aromatic rings. The summed E-state index contributed by atoms with van der Waals surface area (Å²) in [5.41, 5.74) is 7.56. The van der Waals surface area contributed by atoms with Crippen molar-refractivity contribution in [2.45, 2.75) is 6.10 Å². The Labute approximate surface area is 132 Å². The number of pyridine rings is 1. The van der Waals surface area contributed by atoms with Crippen LogP contribution in [0.25, 0.3) is 21.3 Å². The Hall–Kier alpha value is -1.47. The standard InChI is InChI=1S/C15H13FN2OS.H2S/c16-11-4-1-3-9-10(8-20-15(9)11)12-5-2-6-13(18-12)14(19)7-17;/h1-6,8,14,19H,7,17H2;1H2. The van der Waals surface area contributed by atoms with Gasteiger partial charge in [-0.1, -0.05) is 18.2 Å². The number of halogens is 1. The smallest absolute Gasteiger partial charge is 0.141 e. The monoisotopic (exact) mass is 322 g/mol. The van der Waals surface area contributed by atoms with E-state index < -0.39 is 6.10 Å². The highest BCUT2D eigenvalue weighted by atomic mass is 32.1. The van der Waals surface area contributed by atoms with Crippen LogP contribution in [0.3, 0.4) is 0 Å². The third-order valence-corrected chi connectivity index (χ3v) is 4.17. The highest BCUT2D eigenvalue weighted by Gasteiger charge is 2.12. The van der Waals surface area contributed by atoms with E-state index in [1.807, 2.05) is 23.6 Å². The lowest BCUT2D eigenvalue weighted by atomic mass is 10.1. The topological polar surface area (TPSA) is 59.1 Å². The number of hydrogen-bond acceptors (Lipinski definition) is 4. The lowest BCUT2D eigenvalue weighted by molar-refractivity contribution is 0.182. The average Bonchev–Trinajstić information content (AvgIpc) is 2.92. The van der Waals surface area contributed by atoms with Crippen LogP contribution in [-0.2, 0) is 0 Å². The Bertz CT molecular complexity index is 760. The van der Waals surface area contributed by atoms with Crippen LogP contribution in [-0.4, -0.2) is 16.6 Å². The summed E-state index contributed by atoms with van der Waals surface area (Å²) in [7, 11) is 0. The van der Waals surface area contributed by atoms with E-state index in [9.17, 15) is 9.50 Å². The summed E-state index contributed by atoms with van der Waals surface area (Å²) in [5, 5.41) is 12.5. The Kier molecular flexibility index (Phi) is 4.95. The third kappa shape index (κ3) is 2.94. The molecule has 0 aliphatic carbocycles. The molecule has 2 aromatic heterocycles. The molecule has 1 aromatic carbocycles. The predicted molar refractivity (Wildman–Crippen MR) is 89.4 cm³/mol. The van der Waals surface area contributed by atoms with Crippen LogP contribution in [0.1, 0.15) is 11.8 Å². The van der Waals surface area contributed by atoms with Gasteiger partial charge in [-0.05, 0) is 18.2 Å². The van der Waals surface area contributed by atoms with Gasteiger partial charge in [-0.2, -0.15) is 13.5 Å². The molecule has 21 heavy (non-hydrogen) atoms. The molecule has 0 saturated heterocycles. The molecule has 110 valence electrons. The van der Waals surface area contributed by atoms with Crippen LogP contribution in [0.2, 0.25) is 0 Å². The van der Waals surface area contributed by atoms with Gasteiger partial charge in [-0.3, -0.25) is 0 Å². The number of benzene rings is 1. The molecule has 0 aliphatic rings. The molecular formula is C15H15FN2OS2. The number of hydrogen-bond donors (Lipinski definition) is 2. The quantitative estimate of drug-likeness (QED) is 0.778. The minimum atomic E-state index is -0.781. The largest absolute Gasteiger partial charge is 0.385 e. The Balaban J connectivity index is 0.00000161. The molecule has 3 rings (SSSR count). The number of aliphatic hydroxyl groups excluding tert-OH is 1. The van der Waals surface area contributed by atoms with Crippen molar-refractivity contribution in [2.24, 2.45) is 5.73 Å². The Morgan fingerprint density at radius 2 is 2.00 bits per heavy atom. The van der Waals surface area contributed by atoms with Crippen LogP contribution in [0.15, 0.2) is 41.8 Å². The van der Waals surface area contributed by atoms with Crippen molar-refractivity contribution < 1.29 is 9.50 Å². The van der Waals surface area contributed by atoms with Gasteiger partial charge in [0.2, 0.25) is 0 Å². The van der Waals surface area contributed by atoms with Gasteiger partial charge in [0.25, 0.3) is 0 Å². The van der Waals surface area contributed by atoms with Gasteiger partial charge < -0.3 is 10.8 Å². The molecule has 3 N–H and O–H groups in total. The van der Waals surface area contributed by atoms with Crippen LogP contribution in [0, 0.1) is 5.82 Å². The highest BCUT2D eigenvalue weighted by Crippen LogP contribution is 2.34. The maximum absolute atomic E-state index is 13.7. The zero-order chi connectivity index (χ0) is 14.1. The summed E-state index contributed by atoms with van der Waals surface area (Å²) in [4.78, 5) is 4.42. The molecule has 1 atom stereocenters. The van der Waals surface area contributed by atoms with Crippen molar-refractivity contribution in [1.82, 2.24) is 4.98 Å². The summed E-state index contributed by atoms with van der Waals surface area (Å²) in [6, 6.07) is 10.4. The summed E-state index contributed by atoms with van der Waals surface area (Å²) in [6.45, 7) is 0.121. The van der Waals surface area contributed by atoms with Crippen LogP contribution < -0.4 is 5.73 Å². The van der Waals surface area contributed by atoms with E-state index in [-0.39, 0.29) is 25.9 Å². The van der Waals surface area contributed by atoms with E-state index in [0.29, 0.717) is 16.1 Å². The number of aromatic nitrogens is 1. The van der Waals surface area contributed by atoms with E-state index in [1.54, 1.807) is 12.1 Å². The molecule has 0 amide bonds. The fraction of sp³-hybridized carbons (Fsp3) is 0.133. The molecule has 1 unspecified atom stereocenters. The number of nitrogens with zero attached hydrogens (tertiary/aromatic N) is 1. The third-order valence-electron chi connectivity index (χ3n) is 3.16. The van der Waals surface area contributed by atoms with Crippen molar-refractivity contribution in [3.63, 3.8) is 0 Å². The molecule has 0 bridgehead atoms. The summed E-state index contributed by atoms with van der Waals surface area (Å²) in [6.07, 6.45) is -0.781. The lowest BCUT2D eigenvalue weighted by Crippen LogP contribution is -2.12. The fourth-order valence-electron chi connectivity index (χ4n) is 2.13. The van der Waals surface area contributed by atoms with E-state index in [0.717, 1.165) is 10.9 Å². The summed E-state index contributed by atoms with van der Waals surface area (Å²) < 4.78 is 14.3. The van der Waals surface area contributed by atoms with E-state index >= 15 is 0 Å². The molecule has 0 saturated carbocycles. The first-order valence-electron chi connectivity index (χ1n) is 6.22. The molecule has 0 radical (unpaired) electrons. The average molecular weight is 322 g/mol. The molecule has 0 spiro atoms. The molecule has 3 nitrogen and oxygen atoms in total. The van der Waals surface area contributed by atoms with Crippen molar-refractivity contribution in [1.29, 1.82) is 0 Å². The van der Waals surface area contributed by atoms with Gasteiger partial charge in [0.05, 0.1) is 16.1 Å². The van der Waals surface area contributed by atoms with Gasteiger partial charge in [0.1, 0.15) is 11.9 Å². The zero-order valence-electron chi connectivity index (χ0n) is 11.1. The minimum absolute atomic E-state index is 0. The van der Waals surface area contributed by atoms with Gasteiger partial charge in [-0.25, -0.2) is 9.37 Å². The van der Waals surface area contributed by atoms with Crippen molar-refractivity contribution in [2.75, 3.05) is 6.54 Å². The maximum atomic E-state index is 13.7. The molecular weight excluding hydrogens is 307 g/mol. The Morgan fingerprint density at radius 1 is 1.24 bits per heavy atom. The number of rotatable bonds is 3. The zero-order valence-corrected chi connectivity index (χ0v) is 12.9. The molecule has 0 aliphatic heterocycles. The minimum Gasteiger partial charge on any atom is -0.385 e. The highest BCUT2D eigenvalue weighted by molar-refractivity contribution is 7.59. The van der Waals surface area contributed by atoms with Crippen molar-refractivity contribution in [3.05, 3.63) is 53.3 Å². The van der Waals surface area contributed by atoms with Crippen molar-refractivity contribution >= 4 is 34.9 Å². The van der Waals surface area contributed by atoms with Crippen molar-refractivity contribution in [3.8, 4) is 11.3 Å². The summed E-state index contributed by atoms with van der Waals surface area (Å²) in [5.74, 6) is -0.225. The van der Waals surface area contributed by atoms with E-state index in [2.05, 4.69) is 4.98 Å². The second kappa shape index (κ2) is 6.53. The van der Waals surface area contributed by atoms with Gasteiger partial charge in [0, 0.05) is 22.9 Å². The van der Waals surface area contributed by atoms with Crippen LogP contribution in [0.5, 0.6) is 0 Å². The second-order valence-corrected chi connectivity index (χ2v) is 5.34. The first kappa shape index (κ1) is 15.9. The van der Waals surface area contributed by atoms with Gasteiger partial charge in [-0.15, -0.1) is 11.3 Å². The second-order valence-electron chi connectivity index (χ2n) is 4.47. The van der Waals surface area contributed by atoms with Gasteiger partial charge >= 0.3 is 0 Å². The SMILES string of the molecule is NCC(O)c1cccc(-c2csc3c(F)cccc23)n1.S. The Morgan fingerprint density at radius 3 is 2.76 bits per heavy atom. The van der Waals surface area contributed by atoms with E-state index in [1.165, 1.54) is 17.4 Å². The fourth-order valence-corrected chi connectivity index (χ4v) is 3.10. The van der Waals surface area contributed by atoms with E-state index in [4.69, 9.17) is 5.73 Å². The number of nitrogens with two attached hydrogens (primary N) is 1. The number of thiophene rings is 1. The maximum Gasteiger partial charge on any atom is 0.141 e. The van der Waals surface area contributed by atoms with Crippen LogP contribution in [0.4, 0.5) is 4.39 Å². The molecule has 0 fully saturated rings. The normalized spacial score (nSPS) is 12.1. The number of fused-ring (bicyclic) bond motifs is 1. The lowest BCUT2D eigenvalue weighted by Gasteiger charge is -2.08. The van der Waals surface area contributed by atoms with Crippen LogP contribution >= 0.6 is 24.8 Å². The molecule has 6 heteroatoms. The first-order valence-corrected chi connectivity index (χ1v) is 7.10. The number of aliphatic hydroxyl groups is 1. The first-order chi connectivity index (χ1) is 9.70. The van der Waals surface area contributed by atoms with Gasteiger partial charge in [0.15, 0.2) is 0 Å². The predicted octanol–water partition coefficient (Wildman–Crippen LogP) is 3.21. The summed E-state index contributed by atoms with van der Waals surface area (Å²) >= 11 is 1.35. The molecule has 2 heterocycles.